The van der Waals surface area contributed by atoms with Gasteiger partial charge in [0.05, 0.1) is 7.11 Å². The van der Waals surface area contributed by atoms with Crippen LogP contribution in [0.1, 0.15) is 15.9 Å². The number of rotatable bonds is 6. The van der Waals surface area contributed by atoms with Crippen LogP contribution in [-0.4, -0.2) is 19.7 Å². The lowest BCUT2D eigenvalue weighted by Gasteiger charge is -2.10. The third-order valence-corrected chi connectivity index (χ3v) is 2.83. The van der Waals surface area contributed by atoms with Crippen molar-refractivity contribution in [2.24, 2.45) is 0 Å². The van der Waals surface area contributed by atoms with E-state index in [0.717, 1.165) is 5.56 Å². The number of ether oxygens (including phenoxy) is 3. The molecule has 22 heavy (non-hydrogen) atoms. The summed E-state index contributed by atoms with van der Waals surface area (Å²) in [7, 11) is 1.53. The molecule has 0 aliphatic carbocycles. The van der Waals surface area contributed by atoms with E-state index in [2.05, 4.69) is 4.74 Å². The molecule has 0 fully saturated rings. The van der Waals surface area contributed by atoms with Crippen LogP contribution in [0.15, 0.2) is 48.5 Å². The average molecular weight is 308 g/mol. The van der Waals surface area contributed by atoms with Gasteiger partial charge in [0.2, 0.25) is 0 Å². The van der Waals surface area contributed by atoms with Gasteiger partial charge in [-0.15, -0.1) is 0 Å². The van der Waals surface area contributed by atoms with Crippen LogP contribution >= 0.6 is 0 Å². The second-order valence-corrected chi connectivity index (χ2v) is 4.30. The Morgan fingerprint density at radius 3 is 2.64 bits per heavy atom. The van der Waals surface area contributed by atoms with E-state index in [0.29, 0.717) is 5.75 Å². The molecule has 2 aromatic rings. The topological polar surface area (TPSA) is 44.8 Å². The molecule has 2 aromatic carbocycles. The molecule has 0 saturated heterocycles. The molecule has 0 aliphatic rings. The van der Waals surface area contributed by atoms with Gasteiger partial charge in [-0.1, -0.05) is 24.3 Å². The highest BCUT2D eigenvalue weighted by Gasteiger charge is 2.16. The largest absolute Gasteiger partial charge is 0.497 e. The van der Waals surface area contributed by atoms with Crippen LogP contribution in [0, 0.1) is 0 Å². The van der Waals surface area contributed by atoms with Gasteiger partial charge in [-0.25, -0.2) is 4.79 Å². The number of carbonyl (C=O) groups excluding carboxylic acids is 1. The van der Waals surface area contributed by atoms with Crippen LogP contribution in [0.2, 0.25) is 0 Å². The SMILES string of the molecule is COc1cccc(COC(=O)c2ccccc2OC(F)F)c1. The van der Waals surface area contributed by atoms with Gasteiger partial charge in [-0.3, -0.25) is 0 Å². The van der Waals surface area contributed by atoms with Gasteiger partial charge in [-0.2, -0.15) is 8.78 Å². The van der Waals surface area contributed by atoms with Crippen molar-refractivity contribution in [2.75, 3.05) is 7.11 Å². The van der Waals surface area contributed by atoms with Crippen molar-refractivity contribution in [1.29, 1.82) is 0 Å². The number of hydrogen-bond acceptors (Lipinski definition) is 4. The molecule has 0 saturated carbocycles. The summed E-state index contributed by atoms with van der Waals surface area (Å²) in [5, 5.41) is 0. The quantitative estimate of drug-likeness (QED) is 0.764. The number of halogens is 2. The van der Waals surface area contributed by atoms with Gasteiger partial charge in [0.15, 0.2) is 0 Å². The fourth-order valence-electron chi connectivity index (χ4n) is 1.82. The Labute approximate surface area is 126 Å². The third kappa shape index (κ3) is 4.18. The minimum absolute atomic E-state index is 0.000946. The van der Waals surface area contributed by atoms with Crippen molar-refractivity contribution in [2.45, 2.75) is 13.2 Å². The molecule has 0 aliphatic heterocycles. The average Bonchev–Trinajstić information content (AvgIpc) is 2.53. The van der Waals surface area contributed by atoms with Crippen LogP contribution in [-0.2, 0) is 11.3 Å². The predicted octanol–water partition coefficient (Wildman–Crippen LogP) is 3.65. The maximum atomic E-state index is 12.3. The van der Waals surface area contributed by atoms with E-state index in [9.17, 15) is 13.6 Å². The standard InChI is InChI=1S/C16H14F2O4/c1-20-12-6-4-5-11(9-12)10-21-15(19)13-7-2-3-8-14(13)22-16(17)18/h2-9,16H,10H2,1H3. The van der Waals surface area contributed by atoms with Crippen LogP contribution in [0.3, 0.4) is 0 Å². The van der Waals surface area contributed by atoms with E-state index in [1.165, 1.54) is 25.3 Å². The summed E-state index contributed by atoms with van der Waals surface area (Å²) < 4.78 is 39.1. The first-order valence-corrected chi connectivity index (χ1v) is 6.44. The molecule has 0 amide bonds. The maximum Gasteiger partial charge on any atom is 0.387 e. The Balaban J connectivity index is 2.06. The van der Waals surface area contributed by atoms with Gasteiger partial charge in [0.25, 0.3) is 0 Å². The molecule has 2 rings (SSSR count). The first kappa shape index (κ1) is 15.8. The van der Waals surface area contributed by atoms with E-state index < -0.39 is 12.6 Å². The van der Waals surface area contributed by atoms with Crippen LogP contribution in [0.25, 0.3) is 0 Å². The van der Waals surface area contributed by atoms with Crippen LogP contribution in [0.4, 0.5) is 8.78 Å². The summed E-state index contributed by atoms with van der Waals surface area (Å²) in [6, 6.07) is 12.7. The molecule has 0 atom stereocenters. The van der Waals surface area contributed by atoms with Gasteiger partial charge >= 0.3 is 12.6 Å². The van der Waals surface area contributed by atoms with E-state index in [1.54, 1.807) is 30.3 Å². The molecular formula is C16H14F2O4. The minimum atomic E-state index is -3.01. The number of esters is 1. The van der Waals surface area contributed by atoms with Crippen molar-refractivity contribution >= 4 is 5.97 Å². The molecule has 0 aromatic heterocycles. The van der Waals surface area contributed by atoms with E-state index >= 15 is 0 Å². The summed E-state index contributed by atoms with van der Waals surface area (Å²) in [6.45, 7) is -3.01. The van der Waals surface area contributed by atoms with Gasteiger partial charge < -0.3 is 14.2 Å². The van der Waals surface area contributed by atoms with Crippen molar-refractivity contribution in [3.05, 3.63) is 59.7 Å². The molecule has 6 heteroatoms. The predicted molar refractivity (Wildman–Crippen MR) is 75.2 cm³/mol. The molecular weight excluding hydrogens is 294 g/mol. The first-order chi connectivity index (χ1) is 10.6. The van der Waals surface area contributed by atoms with Gasteiger partial charge in [0.1, 0.15) is 23.7 Å². The Morgan fingerprint density at radius 2 is 1.91 bits per heavy atom. The maximum absolute atomic E-state index is 12.3. The molecule has 0 radical (unpaired) electrons. The molecule has 0 N–H and O–H groups in total. The lowest BCUT2D eigenvalue weighted by atomic mass is 10.2. The Morgan fingerprint density at radius 1 is 1.14 bits per heavy atom. The highest BCUT2D eigenvalue weighted by atomic mass is 19.3. The summed E-state index contributed by atoms with van der Waals surface area (Å²) >= 11 is 0. The van der Waals surface area contributed by atoms with Crippen molar-refractivity contribution < 1.29 is 27.8 Å². The Hall–Kier alpha value is -2.63. The zero-order chi connectivity index (χ0) is 15.9. The molecule has 0 spiro atoms. The fourth-order valence-corrected chi connectivity index (χ4v) is 1.82. The fraction of sp³-hybridized carbons (Fsp3) is 0.188. The molecule has 0 heterocycles. The van der Waals surface area contributed by atoms with Gasteiger partial charge in [0, 0.05) is 0 Å². The van der Waals surface area contributed by atoms with Crippen molar-refractivity contribution in [1.82, 2.24) is 0 Å². The third-order valence-electron chi connectivity index (χ3n) is 2.83. The van der Waals surface area contributed by atoms with Crippen molar-refractivity contribution in [3.63, 3.8) is 0 Å². The van der Waals surface area contributed by atoms with E-state index in [1.807, 2.05) is 0 Å². The highest BCUT2D eigenvalue weighted by Crippen LogP contribution is 2.22. The number of hydrogen-bond donors (Lipinski definition) is 0. The lowest BCUT2D eigenvalue weighted by molar-refractivity contribution is -0.0504. The monoisotopic (exact) mass is 308 g/mol. The molecule has 4 nitrogen and oxygen atoms in total. The summed E-state index contributed by atoms with van der Waals surface area (Å²) in [6.07, 6.45) is 0. The van der Waals surface area contributed by atoms with Gasteiger partial charge in [-0.05, 0) is 29.8 Å². The molecule has 0 bridgehead atoms. The second-order valence-electron chi connectivity index (χ2n) is 4.30. The molecule has 0 unspecified atom stereocenters. The lowest BCUT2D eigenvalue weighted by Crippen LogP contribution is -2.10. The van der Waals surface area contributed by atoms with Crippen LogP contribution < -0.4 is 9.47 Å². The molecule has 116 valence electrons. The normalized spacial score (nSPS) is 10.4. The number of para-hydroxylation sites is 1. The van der Waals surface area contributed by atoms with E-state index in [4.69, 9.17) is 9.47 Å². The number of alkyl halides is 2. The minimum Gasteiger partial charge on any atom is -0.497 e. The highest BCUT2D eigenvalue weighted by molar-refractivity contribution is 5.92. The zero-order valence-electron chi connectivity index (χ0n) is 11.8. The number of benzene rings is 2. The number of methoxy groups -OCH3 is 1. The zero-order valence-corrected chi connectivity index (χ0v) is 11.8. The number of carbonyl (C=O) groups is 1. The summed E-state index contributed by atoms with van der Waals surface area (Å²) in [5.74, 6) is -0.317. The summed E-state index contributed by atoms with van der Waals surface area (Å²) in [4.78, 5) is 12.0. The van der Waals surface area contributed by atoms with Crippen molar-refractivity contribution in [3.8, 4) is 11.5 Å². The summed E-state index contributed by atoms with van der Waals surface area (Å²) in [5.41, 5.74) is 0.672. The smallest absolute Gasteiger partial charge is 0.387 e. The van der Waals surface area contributed by atoms with E-state index in [-0.39, 0.29) is 17.9 Å². The Bertz CT molecular complexity index is 644. The Kier molecular flexibility index (Phi) is 5.30. The second kappa shape index (κ2) is 7.40. The van der Waals surface area contributed by atoms with Crippen LogP contribution in [0.5, 0.6) is 11.5 Å². The first-order valence-electron chi connectivity index (χ1n) is 6.44.